The van der Waals surface area contributed by atoms with E-state index in [1.165, 1.54) is 0 Å². The van der Waals surface area contributed by atoms with Gasteiger partial charge in [0.05, 0.1) is 5.56 Å². The largest absolute Gasteiger partial charge is 0.453 e. The van der Waals surface area contributed by atoms with E-state index in [0.717, 1.165) is 31.4 Å². The molecule has 0 spiro atoms. The maximum atomic E-state index is 10.9. The zero-order chi connectivity index (χ0) is 11.8. The third-order valence-electron chi connectivity index (χ3n) is 3.25. The maximum absolute atomic E-state index is 10.9. The van der Waals surface area contributed by atoms with Crippen LogP contribution in [0.3, 0.4) is 0 Å². The van der Waals surface area contributed by atoms with Crippen molar-refractivity contribution in [1.29, 1.82) is 0 Å². The van der Waals surface area contributed by atoms with Crippen molar-refractivity contribution in [2.75, 3.05) is 19.9 Å². The van der Waals surface area contributed by atoms with Crippen LogP contribution in [0.25, 0.3) is 0 Å². The molecule has 90 valence electrons. The molecule has 1 aromatic carbocycles. The minimum atomic E-state index is 0.156. The van der Waals surface area contributed by atoms with Gasteiger partial charge in [0.1, 0.15) is 0 Å². The Labute approximate surface area is 104 Å². The van der Waals surface area contributed by atoms with E-state index < -0.39 is 0 Å². The van der Waals surface area contributed by atoms with Gasteiger partial charge in [0.25, 0.3) is 0 Å². The minimum Gasteiger partial charge on any atom is -0.453 e. The smallest absolute Gasteiger partial charge is 0.231 e. The first-order chi connectivity index (χ1) is 8.31. The predicted molar refractivity (Wildman–Crippen MR) is 63.2 cm³/mol. The van der Waals surface area contributed by atoms with E-state index in [9.17, 15) is 4.79 Å². The molecule has 17 heavy (non-hydrogen) atoms. The van der Waals surface area contributed by atoms with Gasteiger partial charge in [0.2, 0.25) is 6.79 Å². The van der Waals surface area contributed by atoms with Gasteiger partial charge in [-0.15, -0.1) is 0 Å². The van der Waals surface area contributed by atoms with Crippen molar-refractivity contribution in [3.05, 3.63) is 22.2 Å². The van der Waals surface area contributed by atoms with Gasteiger partial charge in [-0.25, -0.2) is 0 Å². The van der Waals surface area contributed by atoms with Gasteiger partial charge in [0, 0.05) is 23.0 Å². The van der Waals surface area contributed by atoms with Crippen molar-refractivity contribution in [1.82, 2.24) is 5.32 Å². The van der Waals surface area contributed by atoms with Crippen LogP contribution in [0, 0.1) is 0 Å². The zero-order valence-corrected chi connectivity index (χ0v) is 9.92. The number of fused-ring (bicyclic) bond motifs is 1. The fraction of sp³-hybridized carbons (Fsp3) is 0.417. The van der Waals surface area contributed by atoms with Gasteiger partial charge < -0.3 is 14.8 Å². The van der Waals surface area contributed by atoms with Gasteiger partial charge in [0.15, 0.2) is 17.8 Å². The van der Waals surface area contributed by atoms with Gasteiger partial charge in [-0.05, 0) is 19.0 Å². The normalized spacial score (nSPS) is 21.8. The van der Waals surface area contributed by atoms with E-state index in [4.69, 9.17) is 21.1 Å². The molecule has 0 aromatic heterocycles. The highest BCUT2D eigenvalue weighted by Crippen LogP contribution is 2.46. The van der Waals surface area contributed by atoms with Crippen molar-refractivity contribution in [2.45, 2.75) is 12.3 Å². The van der Waals surface area contributed by atoms with Crippen molar-refractivity contribution < 1.29 is 14.3 Å². The van der Waals surface area contributed by atoms with Crippen LogP contribution in [-0.4, -0.2) is 26.2 Å². The number of carbonyl (C=O) groups excluding carboxylic acids is 1. The number of halogens is 1. The van der Waals surface area contributed by atoms with Crippen molar-refractivity contribution in [3.8, 4) is 11.5 Å². The first-order valence-corrected chi connectivity index (χ1v) is 5.97. The van der Waals surface area contributed by atoms with E-state index in [0.29, 0.717) is 28.0 Å². The predicted octanol–water partition coefficient (Wildman–Crippen LogP) is 1.96. The number of aldehydes is 1. The molecule has 0 radical (unpaired) electrons. The number of carbonyl (C=O) groups is 1. The number of hydrogen-bond acceptors (Lipinski definition) is 4. The second kappa shape index (κ2) is 4.20. The summed E-state index contributed by atoms with van der Waals surface area (Å²) in [5.41, 5.74) is 1.42. The molecular formula is C12H12ClNO3. The summed E-state index contributed by atoms with van der Waals surface area (Å²) in [6, 6.07) is 1.66. The van der Waals surface area contributed by atoms with Crippen LogP contribution in [0.2, 0.25) is 5.02 Å². The molecule has 3 rings (SSSR count). The molecule has 0 amide bonds. The quantitative estimate of drug-likeness (QED) is 0.819. The van der Waals surface area contributed by atoms with E-state index in [1.54, 1.807) is 6.07 Å². The number of rotatable bonds is 2. The second-order valence-electron chi connectivity index (χ2n) is 4.23. The highest BCUT2D eigenvalue weighted by atomic mass is 35.5. The molecule has 1 fully saturated rings. The van der Waals surface area contributed by atoms with E-state index >= 15 is 0 Å². The molecule has 1 saturated heterocycles. The molecular weight excluding hydrogens is 242 g/mol. The molecule has 4 nitrogen and oxygen atoms in total. The van der Waals surface area contributed by atoms with Crippen molar-refractivity contribution in [3.63, 3.8) is 0 Å². The topological polar surface area (TPSA) is 47.6 Å². The summed E-state index contributed by atoms with van der Waals surface area (Å²) < 4.78 is 10.8. The Hall–Kier alpha value is -1.26. The molecule has 2 heterocycles. The van der Waals surface area contributed by atoms with Crippen LogP contribution in [-0.2, 0) is 0 Å². The standard InChI is InChI=1S/C12H12ClNO3/c13-9-3-8(5-15)11-12(17-6-16-11)10(9)7-1-2-14-4-7/h3,5,7,14H,1-2,4,6H2. The van der Waals surface area contributed by atoms with E-state index in [1.807, 2.05) is 0 Å². The number of hydrogen-bond donors (Lipinski definition) is 1. The highest BCUT2D eigenvalue weighted by molar-refractivity contribution is 6.32. The molecule has 1 N–H and O–H groups in total. The Bertz CT molecular complexity index is 469. The summed E-state index contributed by atoms with van der Waals surface area (Å²) in [5, 5.41) is 3.88. The van der Waals surface area contributed by atoms with Crippen LogP contribution in [0.5, 0.6) is 11.5 Å². The number of ether oxygens (including phenoxy) is 2. The number of nitrogens with one attached hydrogen (secondary N) is 1. The van der Waals surface area contributed by atoms with Gasteiger partial charge in [-0.3, -0.25) is 4.79 Å². The average molecular weight is 254 g/mol. The molecule has 0 aliphatic carbocycles. The Morgan fingerprint density at radius 1 is 1.41 bits per heavy atom. The summed E-state index contributed by atoms with van der Waals surface area (Å²) in [6.45, 7) is 2.02. The maximum Gasteiger partial charge on any atom is 0.231 e. The Balaban J connectivity index is 2.14. The highest BCUT2D eigenvalue weighted by Gasteiger charge is 2.30. The first kappa shape index (κ1) is 10.9. The van der Waals surface area contributed by atoms with Crippen LogP contribution in [0.1, 0.15) is 28.3 Å². The summed E-state index contributed by atoms with van der Waals surface area (Å²) in [4.78, 5) is 10.9. The monoisotopic (exact) mass is 253 g/mol. The lowest BCUT2D eigenvalue weighted by Gasteiger charge is -2.14. The Morgan fingerprint density at radius 2 is 2.24 bits per heavy atom. The third kappa shape index (κ3) is 1.68. The van der Waals surface area contributed by atoms with Crippen molar-refractivity contribution in [2.24, 2.45) is 0 Å². The molecule has 1 atom stereocenters. The fourth-order valence-corrected chi connectivity index (χ4v) is 2.81. The average Bonchev–Trinajstić information content (AvgIpc) is 2.97. The first-order valence-electron chi connectivity index (χ1n) is 5.59. The molecule has 2 aliphatic heterocycles. The molecule has 2 aliphatic rings. The lowest BCUT2D eigenvalue weighted by Crippen LogP contribution is -2.09. The van der Waals surface area contributed by atoms with Gasteiger partial charge in [-0.2, -0.15) is 0 Å². The lowest BCUT2D eigenvalue weighted by atomic mass is 9.95. The molecule has 1 unspecified atom stereocenters. The van der Waals surface area contributed by atoms with Crippen LogP contribution in [0.4, 0.5) is 0 Å². The summed E-state index contributed by atoms with van der Waals surface area (Å²) in [7, 11) is 0. The molecule has 5 heteroatoms. The lowest BCUT2D eigenvalue weighted by molar-refractivity contribution is 0.111. The number of benzene rings is 1. The van der Waals surface area contributed by atoms with Crippen LogP contribution < -0.4 is 14.8 Å². The zero-order valence-electron chi connectivity index (χ0n) is 9.16. The van der Waals surface area contributed by atoms with E-state index in [-0.39, 0.29) is 6.79 Å². The van der Waals surface area contributed by atoms with Crippen LogP contribution >= 0.6 is 11.6 Å². The summed E-state index contributed by atoms with van der Waals surface area (Å²) in [6.07, 6.45) is 1.77. The second-order valence-corrected chi connectivity index (χ2v) is 4.64. The molecule has 0 saturated carbocycles. The van der Waals surface area contributed by atoms with Gasteiger partial charge >= 0.3 is 0 Å². The van der Waals surface area contributed by atoms with E-state index in [2.05, 4.69) is 5.32 Å². The summed E-state index contributed by atoms with van der Waals surface area (Å²) in [5.74, 6) is 1.51. The minimum absolute atomic E-state index is 0.156. The summed E-state index contributed by atoms with van der Waals surface area (Å²) >= 11 is 6.25. The SMILES string of the molecule is O=Cc1cc(Cl)c(C2CCNC2)c2c1OCO2. The van der Waals surface area contributed by atoms with Gasteiger partial charge in [-0.1, -0.05) is 11.6 Å². The van der Waals surface area contributed by atoms with Crippen molar-refractivity contribution >= 4 is 17.9 Å². The Kier molecular flexibility index (Phi) is 2.68. The fourth-order valence-electron chi connectivity index (χ4n) is 2.45. The van der Waals surface area contributed by atoms with Crippen LogP contribution in [0.15, 0.2) is 6.07 Å². The Morgan fingerprint density at radius 3 is 2.94 bits per heavy atom. The molecule has 1 aromatic rings. The third-order valence-corrected chi connectivity index (χ3v) is 3.57. The molecule has 0 bridgehead atoms.